The molecule has 0 amide bonds. The summed E-state index contributed by atoms with van der Waals surface area (Å²) in [6.07, 6.45) is 13.9. The van der Waals surface area contributed by atoms with Crippen LogP contribution in [-0.4, -0.2) is 0 Å². The topological polar surface area (TPSA) is 0 Å². The Morgan fingerprint density at radius 1 is 0.824 bits per heavy atom. The molecule has 0 aromatic heterocycles. The average molecular weight is 234 g/mol. The van der Waals surface area contributed by atoms with Crippen LogP contribution in [0.15, 0.2) is 0 Å². The van der Waals surface area contributed by atoms with E-state index in [9.17, 15) is 0 Å². The van der Waals surface area contributed by atoms with Crippen LogP contribution in [0.5, 0.6) is 0 Å². The van der Waals surface area contributed by atoms with Crippen molar-refractivity contribution in [2.45, 2.75) is 77.6 Å². The summed E-state index contributed by atoms with van der Waals surface area (Å²) in [5.41, 5.74) is 0. The first-order valence-electron chi connectivity index (χ1n) is 7.35. The predicted octanol–water partition coefficient (Wildman–Crippen LogP) is 5.59. The summed E-state index contributed by atoms with van der Waals surface area (Å²) in [5.74, 6) is 7.00. The summed E-state index contributed by atoms with van der Waals surface area (Å²) in [7, 11) is 0. The maximum Gasteiger partial charge on any atom is 0.0114 e. The molecule has 0 fully saturated rings. The molecule has 1 unspecified atom stereocenters. The van der Waals surface area contributed by atoms with Crippen molar-refractivity contribution >= 4 is 0 Å². The van der Waals surface area contributed by atoms with Crippen LogP contribution in [-0.2, 0) is 0 Å². The van der Waals surface area contributed by atoms with Gasteiger partial charge in [-0.05, 0) is 19.3 Å². The van der Waals surface area contributed by atoms with E-state index in [1.54, 1.807) is 0 Å². The molecule has 0 nitrogen and oxygen atoms in total. The molecule has 0 heterocycles. The fourth-order valence-corrected chi connectivity index (χ4v) is 1.99. The number of hydrogen-bond acceptors (Lipinski definition) is 0. The van der Waals surface area contributed by atoms with E-state index in [4.69, 9.17) is 0 Å². The second-order valence-corrected chi connectivity index (χ2v) is 5.03. The summed E-state index contributed by atoms with van der Waals surface area (Å²) in [6.45, 7) is 9.90. The third-order valence-corrected chi connectivity index (χ3v) is 3.15. The lowest BCUT2D eigenvalue weighted by atomic mass is 9.99. The molecular formula is C17H30. The molecule has 0 aliphatic carbocycles. The molecule has 0 saturated heterocycles. The van der Waals surface area contributed by atoms with Crippen LogP contribution in [0.25, 0.3) is 0 Å². The van der Waals surface area contributed by atoms with E-state index in [1.807, 2.05) is 0 Å². The zero-order valence-corrected chi connectivity index (χ0v) is 11.8. The Balaban J connectivity index is 3.16. The van der Waals surface area contributed by atoms with Crippen molar-refractivity contribution in [3.8, 4) is 11.8 Å². The second-order valence-electron chi connectivity index (χ2n) is 5.03. The van der Waals surface area contributed by atoms with E-state index >= 15 is 0 Å². The van der Waals surface area contributed by atoms with Crippen LogP contribution in [0.2, 0.25) is 0 Å². The Bertz CT molecular complexity index is 194. The summed E-state index contributed by atoms with van der Waals surface area (Å²) >= 11 is 0. The van der Waals surface area contributed by atoms with Crippen LogP contribution in [0.3, 0.4) is 0 Å². The van der Waals surface area contributed by atoms with E-state index < -0.39 is 0 Å². The Labute approximate surface area is 110 Å². The summed E-state index contributed by atoms with van der Waals surface area (Å²) < 4.78 is 0. The number of unbranched alkanes of at least 4 members (excludes halogenated alkanes) is 7. The van der Waals surface area contributed by atoms with Crippen molar-refractivity contribution in [3.05, 3.63) is 13.8 Å². The first-order chi connectivity index (χ1) is 8.31. The normalized spacial score (nSPS) is 11.9. The Morgan fingerprint density at radius 3 is 2.00 bits per heavy atom. The van der Waals surface area contributed by atoms with Crippen LogP contribution in [0, 0.1) is 31.6 Å². The Morgan fingerprint density at radius 2 is 1.41 bits per heavy atom. The van der Waals surface area contributed by atoms with E-state index in [0.29, 0.717) is 0 Å². The molecule has 0 heteroatoms. The summed E-state index contributed by atoms with van der Waals surface area (Å²) in [6, 6.07) is 0. The average Bonchev–Trinajstić information content (AvgIpc) is 2.33. The van der Waals surface area contributed by atoms with Gasteiger partial charge in [0.25, 0.3) is 0 Å². The minimum Gasteiger partial charge on any atom is -0.103 e. The van der Waals surface area contributed by atoms with E-state index in [2.05, 4.69) is 32.6 Å². The molecule has 1 atom stereocenters. The molecule has 0 spiro atoms. The number of rotatable bonds is 10. The third kappa shape index (κ3) is 13.5. The number of hydrogen-bond donors (Lipinski definition) is 0. The second kappa shape index (κ2) is 13.6. The molecule has 0 aromatic rings. The van der Waals surface area contributed by atoms with Crippen molar-refractivity contribution in [2.24, 2.45) is 5.92 Å². The lowest BCUT2D eigenvalue weighted by Gasteiger charge is -2.07. The molecule has 0 bridgehead atoms. The van der Waals surface area contributed by atoms with Gasteiger partial charge in [-0.1, -0.05) is 65.2 Å². The Kier molecular flexibility index (Phi) is 13.3. The standard InChI is InChI=1S/C17H30/c1-4-6-8-9-10-11-12-14-16-17(3)15-13-7-5-2/h17H,1-2,4-6,8-12,14-16H2,3H3. The summed E-state index contributed by atoms with van der Waals surface area (Å²) in [5, 5.41) is 0. The maximum absolute atomic E-state index is 3.87. The Hall–Kier alpha value is -0.440. The summed E-state index contributed by atoms with van der Waals surface area (Å²) in [4.78, 5) is 0. The van der Waals surface area contributed by atoms with Crippen LogP contribution < -0.4 is 0 Å². The highest BCUT2D eigenvalue weighted by Gasteiger charge is 1.99. The smallest absolute Gasteiger partial charge is 0.0114 e. The van der Waals surface area contributed by atoms with Gasteiger partial charge in [0.15, 0.2) is 0 Å². The van der Waals surface area contributed by atoms with Crippen molar-refractivity contribution in [2.75, 3.05) is 0 Å². The van der Waals surface area contributed by atoms with Gasteiger partial charge in [0, 0.05) is 12.8 Å². The van der Waals surface area contributed by atoms with Crippen molar-refractivity contribution < 1.29 is 0 Å². The van der Waals surface area contributed by atoms with Gasteiger partial charge in [0.05, 0.1) is 0 Å². The molecule has 0 aliphatic rings. The molecule has 0 N–H and O–H groups in total. The lowest BCUT2D eigenvalue weighted by Crippen LogP contribution is -1.93. The van der Waals surface area contributed by atoms with Gasteiger partial charge < -0.3 is 0 Å². The monoisotopic (exact) mass is 234 g/mol. The third-order valence-electron chi connectivity index (χ3n) is 3.15. The van der Waals surface area contributed by atoms with Gasteiger partial charge in [-0.15, -0.1) is 11.8 Å². The maximum atomic E-state index is 3.87. The molecule has 0 rings (SSSR count). The first kappa shape index (κ1) is 16.6. The van der Waals surface area contributed by atoms with Crippen molar-refractivity contribution in [3.63, 3.8) is 0 Å². The molecule has 2 radical (unpaired) electrons. The zero-order chi connectivity index (χ0) is 12.8. The molecular weight excluding hydrogens is 204 g/mol. The van der Waals surface area contributed by atoms with Crippen LogP contribution in [0.1, 0.15) is 77.6 Å². The molecule has 98 valence electrons. The highest BCUT2D eigenvalue weighted by Crippen LogP contribution is 2.14. The van der Waals surface area contributed by atoms with Gasteiger partial charge in [-0.25, -0.2) is 0 Å². The predicted molar refractivity (Wildman–Crippen MR) is 78.4 cm³/mol. The SMILES string of the molecule is [CH2]CC#CCC(C)CCCCCCCCC[CH2]. The minimum atomic E-state index is 0.750. The largest absolute Gasteiger partial charge is 0.103 e. The lowest BCUT2D eigenvalue weighted by molar-refractivity contribution is 0.489. The van der Waals surface area contributed by atoms with E-state index in [1.165, 1.54) is 51.4 Å². The zero-order valence-electron chi connectivity index (χ0n) is 11.8. The molecule has 0 aliphatic heterocycles. The minimum absolute atomic E-state index is 0.750. The van der Waals surface area contributed by atoms with E-state index in [-0.39, 0.29) is 0 Å². The molecule has 0 saturated carbocycles. The van der Waals surface area contributed by atoms with Crippen molar-refractivity contribution in [1.29, 1.82) is 0 Å². The highest BCUT2D eigenvalue weighted by molar-refractivity contribution is 5.00. The van der Waals surface area contributed by atoms with Crippen molar-refractivity contribution in [1.82, 2.24) is 0 Å². The van der Waals surface area contributed by atoms with Gasteiger partial charge in [-0.3, -0.25) is 0 Å². The van der Waals surface area contributed by atoms with Crippen LogP contribution in [0.4, 0.5) is 0 Å². The van der Waals surface area contributed by atoms with Gasteiger partial charge in [0.1, 0.15) is 0 Å². The molecule has 17 heavy (non-hydrogen) atoms. The van der Waals surface area contributed by atoms with Crippen LogP contribution >= 0.6 is 0 Å². The van der Waals surface area contributed by atoms with E-state index in [0.717, 1.165) is 25.2 Å². The fourth-order valence-electron chi connectivity index (χ4n) is 1.99. The first-order valence-corrected chi connectivity index (χ1v) is 7.35. The van der Waals surface area contributed by atoms with Gasteiger partial charge in [0.2, 0.25) is 0 Å². The quantitative estimate of drug-likeness (QED) is 0.341. The molecule has 0 aromatic carbocycles. The van der Waals surface area contributed by atoms with Gasteiger partial charge in [-0.2, -0.15) is 0 Å². The highest BCUT2D eigenvalue weighted by atomic mass is 14.0. The fraction of sp³-hybridized carbons (Fsp3) is 0.765. The van der Waals surface area contributed by atoms with Gasteiger partial charge >= 0.3 is 0 Å².